The van der Waals surface area contributed by atoms with Gasteiger partial charge in [-0.05, 0) is 36.2 Å². The van der Waals surface area contributed by atoms with Crippen molar-refractivity contribution >= 4 is 11.8 Å². The van der Waals surface area contributed by atoms with E-state index < -0.39 is 0 Å². The van der Waals surface area contributed by atoms with E-state index in [0.717, 1.165) is 44.5 Å². The highest BCUT2D eigenvalue weighted by Gasteiger charge is 2.38. The summed E-state index contributed by atoms with van der Waals surface area (Å²) in [5.74, 6) is 1.08. The fourth-order valence-electron chi connectivity index (χ4n) is 2.70. The Bertz CT molecular complexity index is 385. The Morgan fingerprint density at radius 3 is 2.69 bits per heavy atom. The maximum atomic E-state index is 6.22. The molecule has 16 heavy (non-hydrogen) atoms. The van der Waals surface area contributed by atoms with E-state index in [-0.39, 0.29) is 5.60 Å². The lowest BCUT2D eigenvalue weighted by Gasteiger charge is -2.43. The highest BCUT2D eigenvalue weighted by Crippen LogP contribution is 2.39. The van der Waals surface area contributed by atoms with E-state index in [9.17, 15) is 0 Å². The van der Waals surface area contributed by atoms with Gasteiger partial charge in [-0.2, -0.15) is 0 Å². The number of para-hydroxylation sites is 1. The number of aryl methyl sites for hydroxylation is 1. The summed E-state index contributed by atoms with van der Waals surface area (Å²) in [4.78, 5) is 0. The summed E-state index contributed by atoms with van der Waals surface area (Å²) in [6.45, 7) is 1.87. The Morgan fingerprint density at radius 2 is 1.88 bits per heavy atom. The standard InChI is InChI=1S/C13H16ClNO/c14-15-9-7-13(8-10-15)6-5-11-3-1-2-4-12(11)16-13/h1-4H,5-10H2. The van der Waals surface area contributed by atoms with Crippen molar-refractivity contribution in [1.29, 1.82) is 0 Å². The van der Waals surface area contributed by atoms with Crippen LogP contribution in [0, 0.1) is 0 Å². The summed E-state index contributed by atoms with van der Waals surface area (Å²) in [6.07, 6.45) is 4.36. The van der Waals surface area contributed by atoms with Gasteiger partial charge in [-0.1, -0.05) is 18.2 Å². The van der Waals surface area contributed by atoms with Crippen molar-refractivity contribution in [2.24, 2.45) is 0 Å². The average molecular weight is 238 g/mol. The topological polar surface area (TPSA) is 12.5 Å². The van der Waals surface area contributed by atoms with E-state index in [0.29, 0.717) is 0 Å². The van der Waals surface area contributed by atoms with Crippen LogP contribution in [-0.4, -0.2) is 23.1 Å². The molecule has 2 aliphatic heterocycles. The maximum Gasteiger partial charge on any atom is 0.123 e. The third-order valence-corrected chi connectivity index (χ3v) is 4.11. The minimum atomic E-state index is 0.0553. The van der Waals surface area contributed by atoms with Gasteiger partial charge in [0, 0.05) is 25.9 Å². The molecule has 0 saturated carbocycles. The van der Waals surface area contributed by atoms with Crippen LogP contribution in [0.3, 0.4) is 0 Å². The van der Waals surface area contributed by atoms with Crippen LogP contribution in [0.2, 0.25) is 0 Å². The highest BCUT2D eigenvalue weighted by molar-refractivity contribution is 6.13. The third-order valence-electron chi connectivity index (χ3n) is 3.77. The highest BCUT2D eigenvalue weighted by atomic mass is 35.5. The molecule has 86 valence electrons. The Balaban J connectivity index is 1.82. The van der Waals surface area contributed by atoms with Crippen LogP contribution in [0.4, 0.5) is 0 Å². The van der Waals surface area contributed by atoms with Gasteiger partial charge in [-0.25, -0.2) is 4.42 Å². The molecule has 0 bridgehead atoms. The molecule has 0 radical (unpaired) electrons. The summed E-state index contributed by atoms with van der Waals surface area (Å²) in [5, 5.41) is 0. The number of ether oxygens (including phenoxy) is 1. The van der Waals surface area contributed by atoms with Gasteiger partial charge in [0.05, 0.1) is 0 Å². The Morgan fingerprint density at radius 1 is 1.12 bits per heavy atom. The summed E-state index contributed by atoms with van der Waals surface area (Å²) in [5.41, 5.74) is 1.40. The van der Waals surface area contributed by atoms with Crippen molar-refractivity contribution in [2.45, 2.75) is 31.3 Å². The van der Waals surface area contributed by atoms with Crippen molar-refractivity contribution in [2.75, 3.05) is 13.1 Å². The number of halogens is 1. The van der Waals surface area contributed by atoms with Gasteiger partial charge in [0.25, 0.3) is 0 Å². The summed E-state index contributed by atoms with van der Waals surface area (Å²) in [6, 6.07) is 8.39. The van der Waals surface area contributed by atoms with Crippen molar-refractivity contribution in [1.82, 2.24) is 4.42 Å². The molecule has 1 spiro atoms. The van der Waals surface area contributed by atoms with Gasteiger partial charge in [-0.3, -0.25) is 0 Å². The van der Waals surface area contributed by atoms with E-state index in [1.165, 1.54) is 5.56 Å². The molecule has 0 unspecified atom stereocenters. The Hall–Kier alpha value is -0.730. The molecule has 2 heterocycles. The monoisotopic (exact) mass is 237 g/mol. The molecule has 3 rings (SSSR count). The number of hydrogen-bond acceptors (Lipinski definition) is 2. The molecule has 1 fully saturated rings. The first kappa shape index (κ1) is 10.4. The van der Waals surface area contributed by atoms with Crippen LogP contribution in [0.15, 0.2) is 24.3 Å². The maximum absolute atomic E-state index is 6.22. The van der Waals surface area contributed by atoms with E-state index >= 15 is 0 Å². The van der Waals surface area contributed by atoms with Crippen LogP contribution in [0.25, 0.3) is 0 Å². The molecule has 0 aliphatic carbocycles. The summed E-state index contributed by atoms with van der Waals surface area (Å²) < 4.78 is 8.09. The van der Waals surface area contributed by atoms with Crippen LogP contribution < -0.4 is 4.74 Å². The molecule has 0 amide bonds. The second-order valence-electron chi connectivity index (χ2n) is 4.80. The smallest absolute Gasteiger partial charge is 0.123 e. The Kier molecular flexibility index (Phi) is 2.56. The van der Waals surface area contributed by atoms with Gasteiger partial charge < -0.3 is 4.74 Å². The van der Waals surface area contributed by atoms with Crippen molar-refractivity contribution in [3.05, 3.63) is 29.8 Å². The SMILES string of the molecule is ClN1CCC2(CCc3ccccc3O2)CC1. The van der Waals surface area contributed by atoms with E-state index in [4.69, 9.17) is 16.5 Å². The lowest BCUT2D eigenvalue weighted by molar-refractivity contribution is 0.00203. The zero-order chi connectivity index (χ0) is 11.0. The van der Waals surface area contributed by atoms with Crippen molar-refractivity contribution in [3.8, 4) is 5.75 Å². The number of rotatable bonds is 0. The molecule has 1 aromatic carbocycles. The molecule has 1 aromatic rings. The molecule has 0 aromatic heterocycles. The predicted molar refractivity (Wildman–Crippen MR) is 64.8 cm³/mol. The second kappa shape index (κ2) is 3.94. The molecular weight excluding hydrogens is 222 g/mol. The van der Waals surface area contributed by atoms with E-state index in [2.05, 4.69) is 24.3 Å². The van der Waals surface area contributed by atoms with Gasteiger partial charge in [0.15, 0.2) is 0 Å². The van der Waals surface area contributed by atoms with Crippen LogP contribution in [0.5, 0.6) is 5.75 Å². The quantitative estimate of drug-likeness (QED) is 0.644. The van der Waals surface area contributed by atoms with E-state index in [1.54, 1.807) is 0 Å². The van der Waals surface area contributed by atoms with Crippen LogP contribution in [0.1, 0.15) is 24.8 Å². The number of nitrogens with zero attached hydrogens (tertiary/aromatic N) is 1. The zero-order valence-electron chi connectivity index (χ0n) is 9.29. The molecular formula is C13H16ClNO. The van der Waals surface area contributed by atoms with Gasteiger partial charge >= 0.3 is 0 Å². The molecule has 0 atom stereocenters. The number of piperidine rings is 1. The lowest BCUT2D eigenvalue weighted by Crippen LogP contribution is -2.47. The molecule has 0 N–H and O–H groups in total. The Labute approximate surface area is 101 Å². The van der Waals surface area contributed by atoms with Crippen LogP contribution >= 0.6 is 11.8 Å². The first-order valence-electron chi connectivity index (χ1n) is 5.95. The molecule has 1 saturated heterocycles. The minimum absolute atomic E-state index is 0.0553. The van der Waals surface area contributed by atoms with Crippen molar-refractivity contribution in [3.63, 3.8) is 0 Å². The number of benzene rings is 1. The predicted octanol–water partition coefficient (Wildman–Crippen LogP) is 3.00. The van der Waals surface area contributed by atoms with Crippen LogP contribution in [-0.2, 0) is 6.42 Å². The van der Waals surface area contributed by atoms with Gasteiger partial charge in [0.1, 0.15) is 11.4 Å². The molecule has 3 heteroatoms. The minimum Gasteiger partial charge on any atom is -0.487 e. The fraction of sp³-hybridized carbons (Fsp3) is 0.538. The first-order valence-corrected chi connectivity index (χ1v) is 6.29. The van der Waals surface area contributed by atoms with Gasteiger partial charge in [0.2, 0.25) is 0 Å². The third kappa shape index (κ3) is 1.80. The second-order valence-corrected chi connectivity index (χ2v) is 5.28. The van der Waals surface area contributed by atoms with Gasteiger partial charge in [-0.15, -0.1) is 0 Å². The molecule has 2 aliphatic rings. The lowest BCUT2D eigenvalue weighted by atomic mass is 9.84. The first-order chi connectivity index (χ1) is 7.77. The largest absolute Gasteiger partial charge is 0.487 e. The summed E-state index contributed by atoms with van der Waals surface area (Å²) >= 11 is 6.00. The van der Waals surface area contributed by atoms with Crippen molar-refractivity contribution < 1.29 is 4.74 Å². The average Bonchev–Trinajstić information content (AvgIpc) is 2.33. The normalized spacial score (nSPS) is 23.8. The summed E-state index contributed by atoms with van der Waals surface area (Å²) in [7, 11) is 0. The van der Waals surface area contributed by atoms with E-state index in [1.807, 2.05) is 4.42 Å². The fourth-order valence-corrected chi connectivity index (χ4v) is 2.86. The number of fused-ring (bicyclic) bond motifs is 1. The molecule has 2 nitrogen and oxygen atoms in total. The number of hydrogen-bond donors (Lipinski definition) is 0. The zero-order valence-corrected chi connectivity index (χ0v) is 10.0.